The van der Waals surface area contributed by atoms with E-state index in [2.05, 4.69) is 20.6 Å². The molecule has 1 atom stereocenters. The second-order valence-electron chi connectivity index (χ2n) is 6.51. The van der Waals surface area contributed by atoms with E-state index in [1.54, 1.807) is 7.05 Å². The molecule has 2 N–H and O–H groups in total. The molecule has 1 aliphatic heterocycles. The van der Waals surface area contributed by atoms with Crippen LogP contribution in [0.3, 0.4) is 0 Å². The van der Waals surface area contributed by atoms with Crippen molar-refractivity contribution in [3.63, 3.8) is 0 Å². The Balaban J connectivity index is 1.57. The van der Waals surface area contributed by atoms with Crippen molar-refractivity contribution in [3.05, 3.63) is 58.7 Å². The van der Waals surface area contributed by atoms with Gasteiger partial charge in [0.25, 0.3) is 0 Å². The highest BCUT2D eigenvalue weighted by atomic mass is 35.5. The highest BCUT2D eigenvalue weighted by Gasteiger charge is 2.33. The van der Waals surface area contributed by atoms with Crippen LogP contribution in [0.15, 0.2) is 47.6 Å². The molecule has 28 heavy (non-hydrogen) atoms. The fraction of sp³-hybridized carbons (Fsp3) is 0.368. The number of hydrogen-bond donors (Lipinski definition) is 2. The Kier molecular flexibility index (Phi) is 6.28. The van der Waals surface area contributed by atoms with Crippen LogP contribution in [0.25, 0.3) is 0 Å². The van der Waals surface area contributed by atoms with E-state index in [1.165, 1.54) is 0 Å². The summed E-state index contributed by atoms with van der Waals surface area (Å²) in [6, 6.07) is 11.0. The minimum atomic E-state index is -4.46. The van der Waals surface area contributed by atoms with Crippen molar-refractivity contribution in [3.8, 4) is 0 Å². The zero-order valence-corrected chi connectivity index (χ0v) is 16.1. The van der Waals surface area contributed by atoms with Crippen molar-refractivity contribution >= 4 is 23.4 Å². The van der Waals surface area contributed by atoms with Crippen molar-refractivity contribution in [1.29, 1.82) is 0 Å². The fourth-order valence-electron chi connectivity index (χ4n) is 3.06. The summed E-state index contributed by atoms with van der Waals surface area (Å²) in [6.45, 7) is 1.86. The van der Waals surface area contributed by atoms with Gasteiger partial charge in [0, 0.05) is 38.9 Å². The van der Waals surface area contributed by atoms with Crippen LogP contribution in [0.2, 0.25) is 5.02 Å². The summed E-state index contributed by atoms with van der Waals surface area (Å²) in [7, 11) is 1.70. The maximum Gasteiger partial charge on any atom is 0.417 e. The van der Waals surface area contributed by atoms with Crippen LogP contribution in [0.1, 0.15) is 17.5 Å². The number of rotatable bonds is 4. The molecule has 0 amide bonds. The van der Waals surface area contributed by atoms with E-state index >= 15 is 0 Å². The topological polar surface area (TPSA) is 52.6 Å². The Morgan fingerprint density at radius 2 is 2.07 bits per heavy atom. The van der Waals surface area contributed by atoms with E-state index in [-0.39, 0.29) is 11.1 Å². The highest BCUT2D eigenvalue weighted by Crippen LogP contribution is 2.34. The minimum absolute atomic E-state index is 0.00191. The Hall–Kier alpha value is -2.48. The summed E-state index contributed by atoms with van der Waals surface area (Å²) in [5, 5.41) is 6.60. The van der Waals surface area contributed by atoms with Gasteiger partial charge in [0.05, 0.1) is 10.6 Å². The van der Waals surface area contributed by atoms with E-state index in [0.717, 1.165) is 24.2 Å². The summed E-state index contributed by atoms with van der Waals surface area (Å²) < 4.78 is 38.3. The lowest BCUT2D eigenvalue weighted by atomic mass is 10.2. The van der Waals surface area contributed by atoms with Gasteiger partial charge in [0.15, 0.2) is 5.96 Å². The van der Waals surface area contributed by atoms with E-state index in [9.17, 15) is 13.2 Å². The third-order valence-corrected chi connectivity index (χ3v) is 4.78. The third kappa shape index (κ3) is 5.07. The summed E-state index contributed by atoms with van der Waals surface area (Å²) >= 11 is 6.05. The van der Waals surface area contributed by atoms with E-state index in [1.807, 2.05) is 35.2 Å². The molecule has 1 unspecified atom stereocenters. The van der Waals surface area contributed by atoms with Gasteiger partial charge in [-0.3, -0.25) is 4.99 Å². The first kappa shape index (κ1) is 20.3. The maximum absolute atomic E-state index is 12.8. The molecule has 0 saturated carbocycles. The number of nitrogens with zero attached hydrogens (tertiary/aromatic N) is 3. The molecule has 1 aliphatic rings. The lowest BCUT2D eigenvalue weighted by Crippen LogP contribution is -2.44. The number of nitrogens with one attached hydrogen (secondary N) is 2. The van der Waals surface area contributed by atoms with Gasteiger partial charge in [-0.2, -0.15) is 13.2 Å². The molecule has 9 heteroatoms. The SMILES string of the molecule is CN=C(NCc1ccccc1)NC1CCN(c2ncc(C(F)(F)F)cc2Cl)C1. The van der Waals surface area contributed by atoms with E-state index in [0.29, 0.717) is 31.4 Å². The first-order valence-electron chi connectivity index (χ1n) is 8.85. The van der Waals surface area contributed by atoms with Gasteiger partial charge in [0.1, 0.15) is 5.82 Å². The van der Waals surface area contributed by atoms with Crippen LogP contribution in [0.4, 0.5) is 19.0 Å². The lowest BCUT2D eigenvalue weighted by molar-refractivity contribution is -0.137. The van der Waals surface area contributed by atoms with E-state index in [4.69, 9.17) is 11.6 Å². The van der Waals surface area contributed by atoms with Crippen molar-refractivity contribution in [2.45, 2.75) is 25.2 Å². The van der Waals surface area contributed by atoms with Gasteiger partial charge >= 0.3 is 6.18 Å². The largest absolute Gasteiger partial charge is 0.417 e. The molecule has 2 aromatic rings. The van der Waals surface area contributed by atoms with E-state index < -0.39 is 11.7 Å². The number of guanidine groups is 1. The maximum atomic E-state index is 12.8. The average molecular weight is 412 g/mol. The number of anilines is 1. The molecule has 1 aromatic carbocycles. The number of halogens is 4. The summed E-state index contributed by atoms with van der Waals surface area (Å²) in [4.78, 5) is 10.0. The Labute approximate surface area is 166 Å². The molecule has 5 nitrogen and oxygen atoms in total. The number of hydrogen-bond acceptors (Lipinski definition) is 3. The van der Waals surface area contributed by atoms with Crippen LogP contribution in [0.5, 0.6) is 0 Å². The first-order chi connectivity index (χ1) is 13.4. The Bertz CT molecular complexity index is 826. The number of aliphatic imine (C=N–C) groups is 1. The zero-order chi connectivity index (χ0) is 20.1. The molecule has 0 aliphatic carbocycles. The molecule has 3 rings (SSSR count). The predicted octanol–water partition coefficient (Wildman–Crippen LogP) is 3.70. The Morgan fingerprint density at radius 3 is 2.71 bits per heavy atom. The molecule has 0 spiro atoms. The van der Waals surface area contributed by atoms with Gasteiger partial charge < -0.3 is 15.5 Å². The molecular formula is C19H21ClF3N5. The third-order valence-electron chi connectivity index (χ3n) is 4.50. The number of pyridine rings is 1. The average Bonchev–Trinajstić information content (AvgIpc) is 3.13. The van der Waals surface area contributed by atoms with Crippen molar-refractivity contribution in [2.24, 2.45) is 4.99 Å². The highest BCUT2D eigenvalue weighted by molar-refractivity contribution is 6.33. The second kappa shape index (κ2) is 8.68. The number of benzene rings is 1. The van der Waals surface area contributed by atoms with Gasteiger partial charge in [-0.25, -0.2) is 4.98 Å². The van der Waals surface area contributed by atoms with Crippen LogP contribution < -0.4 is 15.5 Å². The molecule has 1 saturated heterocycles. The molecular weight excluding hydrogens is 391 g/mol. The van der Waals surface area contributed by atoms with Crippen molar-refractivity contribution < 1.29 is 13.2 Å². The standard InChI is InChI=1S/C19H21ClF3N5/c1-24-18(26-10-13-5-3-2-4-6-13)27-15-7-8-28(12-15)17-16(20)9-14(11-25-17)19(21,22)23/h2-6,9,11,15H,7-8,10,12H2,1H3,(H2,24,26,27). The Morgan fingerprint density at radius 1 is 1.32 bits per heavy atom. The summed E-state index contributed by atoms with van der Waals surface area (Å²) in [5.74, 6) is 1.04. The summed E-state index contributed by atoms with van der Waals surface area (Å²) in [6.07, 6.45) is -2.84. The molecule has 0 radical (unpaired) electrons. The smallest absolute Gasteiger partial charge is 0.353 e. The van der Waals surface area contributed by atoms with Crippen molar-refractivity contribution in [1.82, 2.24) is 15.6 Å². The molecule has 150 valence electrons. The second-order valence-corrected chi connectivity index (χ2v) is 6.92. The number of aromatic nitrogens is 1. The monoisotopic (exact) mass is 411 g/mol. The van der Waals surface area contributed by atoms with Gasteiger partial charge in [-0.1, -0.05) is 41.9 Å². The first-order valence-corrected chi connectivity index (χ1v) is 9.23. The van der Waals surface area contributed by atoms with Gasteiger partial charge in [-0.15, -0.1) is 0 Å². The fourth-order valence-corrected chi connectivity index (χ4v) is 3.34. The van der Waals surface area contributed by atoms with Crippen molar-refractivity contribution in [2.75, 3.05) is 25.0 Å². The molecule has 1 fully saturated rings. The predicted molar refractivity (Wildman–Crippen MR) is 105 cm³/mol. The van der Waals surface area contributed by atoms with Crippen LogP contribution >= 0.6 is 11.6 Å². The van der Waals surface area contributed by atoms with Crippen LogP contribution in [-0.2, 0) is 12.7 Å². The van der Waals surface area contributed by atoms with Crippen LogP contribution in [0, 0.1) is 0 Å². The normalized spacial score (nSPS) is 17.7. The van der Waals surface area contributed by atoms with Gasteiger partial charge in [0.2, 0.25) is 0 Å². The molecule has 2 heterocycles. The summed E-state index contributed by atoms with van der Waals surface area (Å²) in [5.41, 5.74) is 0.292. The van der Waals surface area contributed by atoms with Gasteiger partial charge in [-0.05, 0) is 18.1 Å². The van der Waals surface area contributed by atoms with Crippen LogP contribution in [-0.4, -0.2) is 37.1 Å². The number of alkyl halides is 3. The molecule has 1 aromatic heterocycles. The minimum Gasteiger partial charge on any atom is -0.353 e. The zero-order valence-electron chi connectivity index (χ0n) is 15.3. The quantitative estimate of drug-likeness (QED) is 0.595. The molecule has 0 bridgehead atoms. The lowest BCUT2D eigenvalue weighted by Gasteiger charge is -2.21.